The van der Waals surface area contributed by atoms with E-state index in [4.69, 9.17) is 31.5 Å². The van der Waals surface area contributed by atoms with Gasteiger partial charge in [-0.1, -0.05) is 11.6 Å². The van der Waals surface area contributed by atoms with Crippen molar-refractivity contribution in [3.8, 4) is 17.2 Å². The highest BCUT2D eigenvalue weighted by Gasteiger charge is 2.19. The molecule has 0 amide bonds. The van der Waals surface area contributed by atoms with E-state index in [0.717, 1.165) is 43.2 Å². The summed E-state index contributed by atoms with van der Waals surface area (Å²) in [6.45, 7) is 3.25. The average molecular weight is 419 g/mol. The molecule has 1 aliphatic rings. The van der Waals surface area contributed by atoms with Gasteiger partial charge in [-0.15, -0.1) is 0 Å². The SMILES string of the molecule is COc1ccc(NC(N)=NCCN2CCc3cc(OC)c(OC)cc3C2)cc1Cl. The Kier molecular flexibility index (Phi) is 7.06. The van der Waals surface area contributed by atoms with Crippen LogP contribution in [0.3, 0.4) is 0 Å². The second-order valence-corrected chi connectivity index (χ2v) is 7.15. The van der Waals surface area contributed by atoms with Crippen molar-refractivity contribution in [1.29, 1.82) is 0 Å². The first-order chi connectivity index (χ1) is 14.0. The Morgan fingerprint density at radius 1 is 1.07 bits per heavy atom. The molecule has 1 heterocycles. The Balaban J connectivity index is 1.55. The zero-order valence-electron chi connectivity index (χ0n) is 17.0. The number of hydrogen-bond donors (Lipinski definition) is 2. The van der Waals surface area contributed by atoms with Gasteiger partial charge in [0.15, 0.2) is 17.5 Å². The van der Waals surface area contributed by atoms with Gasteiger partial charge in [-0.25, -0.2) is 0 Å². The maximum absolute atomic E-state index is 6.13. The van der Waals surface area contributed by atoms with Gasteiger partial charge in [-0.05, 0) is 47.9 Å². The number of methoxy groups -OCH3 is 3. The number of halogens is 1. The normalized spacial score (nSPS) is 14.3. The Bertz CT molecular complexity index is 888. The molecule has 0 radical (unpaired) electrons. The van der Waals surface area contributed by atoms with Crippen LogP contribution in [0, 0.1) is 0 Å². The van der Waals surface area contributed by atoms with Crippen LogP contribution in [-0.4, -0.2) is 51.8 Å². The van der Waals surface area contributed by atoms with E-state index in [2.05, 4.69) is 27.3 Å². The highest BCUT2D eigenvalue weighted by molar-refractivity contribution is 6.32. The lowest BCUT2D eigenvalue weighted by Crippen LogP contribution is -2.33. The minimum absolute atomic E-state index is 0.357. The number of nitrogens with one attached hydrogen (secondary N) is 1. The molecule has 0 bridgehead atoms. The highest BCUT2D eigenvalue weighted by Crippen LogP contribution is 2.33. The van der Waals surface area contributed by atoms with Gasteiger partial charge in [0, 0.05) is 25.3 Å². The first kappa shape index (κ1) is 21.1. The Morgan fingerprint density at radius 2 is 1.76 bits per heavy atom. The molecular formula is C21H27ClN4O3. The standard InChI is InChI=1S/C21H27ClN4O3/c1-27-18-5-4-16(12-17(18)22)25-21(23)24-7-9-26-8-6-14-10-19(28-2)20(29-3)11-15(14)13-26/h4-5,10-12H,6-9,13H2,1-3H3,(H3,23,24,25). The largest absolute Gasteiger partial charge is 0.495 e. The van der Waals surface area contributed by atoms with E-state index in [1.807, 2.05) is 6.07 Å². The monoisotopic (exact) mass is 418 g/mol. The lowest BCUT2D eigenvalue weighted by molar-refractivity contribution is 0.260. The molecule has 0 atom stereocenters. The summed E-state index contributed by atoms with van der Waals surface area (Å²) in [5.74, 6) is 2.52. The van der Waals surface area contributed by atoms with Gasteiger partial charge in [0.05, 0.1) is 32.9 Å². The van der Waals surface area contributed by atoms with Crippen molar-refractivity contribution in [3.63, 3.8) is 0 Å². The number of nitrogens with two attached hydrogens (primary N) is 1. The van der Waals surface area contributed by atoms with Crippen LogP contribution >= 0.6 is 11.6 Å². The number of guanidine groups is 1. The summed E-state index contributed by atoms with van der Waals surface area (Å²) in [5, 5.41) is 3.57. The molecular weight excluding hydrogens is 392 g/mol. The molecule has 156 valence electrons. The van der Waals surface area contributed by atoms with Crippen LogP contribution < -0.4 is 25.3 Å². The van der Waals surface area contributed by atoms with E-state index >= 15 is 0 Å². The average Bonchev–Trinajstić information content (AvgIpc) is 2.72. The van der Waals surface area contributed by atoms with Gasteiger partial charge < -0.3 is 25.3 Å². The third-order valence-electron chi connectivity index (χ3n) is 4.92. The first-order valence-electron chi connectivity index (χ1n) is 9.40. The Labute approximate surface area is 176 Å². The molecule has 8 heteroatoms. The second kappa shape index (κ2) is 9.71. The van der Waals surface area contributed by atoms with Crippen LogP contribution in [-0.2, 0) is 13.0 Å². The summed E-state index contributed by atoms with van der Waals surface area (Å²) >= 11 is 6.13. The smallest absolute Gasteiger partial charge is 0.193 e. The van der Waals surface area contributed by atoms with E-state index in [1.165, 1.54) is 11.1 Å². The van der Waals surface area contributed by atoms with Crippen molar-refractivity contribution >= 4 is 23.2 Å². The molecule has 2 aromatic rings. The molecule has 1 aliphatic heterocycles. The predicted molar refractivity (Wildman–Crippen MR) is 117 cm³/mol. The molecule has 0 saturated carbocycles. The fourth-order valence-corrected chi connectivity index (χ4v) is 3.63. The Hall–Kier alpha value is -2.64. The zero-order valence-corrected chi connectivity index (χ0v) is 17.8. The summed E-state index contributed by atoms with van der Waals surface area (Å²) in [6.07, 6.45) is 0.970. The van der Waals surface area contributed by atoms with Crippen LogP contribution in [0.2, 0.25) is 5.02 Å². The molecule has 0 unspecified atom stereocenters. The maximum Gasteiger partial charge on any atom is 0.193 e. The molecule has 0 aromatic heterocycles. The number of aliphatic imine (C=N–C) groups is 1. The van der Waals surface area contributed by atoms with Crippen molar-refractivity contribution in [2.45, 2.75) is 13.0 Å². The molecule has 3 N–H and O–H groups in total. The van der Waals surface area contributed by atoms with Crippen LogP contribution in [0.25, 0.3) is 0 Å². The topological polar surface area (TPSA) is 81.3 Å². The zero-order chi connectivity index (χ0) is 20.8. The van der Waals surface area contributed by atoms with Gasteiger partial charge in [0.25, 0.3) is 0 Å². The van der Waals surface area contributed by atoms with E-state index < -0.39 is 0 Å². The molecule has 0 saturated heterocycles. The summed E-state index contributed by atoms with van der Waals surface area (Å²) in [4.78, 5) is 6.78. The molecule has 0 fully saturated rings. The number of anilines is 1. The summed E-state index contributed by atoms with van der Waals surface area (Å²) in [7, 11) is 4.90. The lowest BCUT2D eigenvalue weighted by Gasteiger charge is -2.29. The molecule has 0 aliphatic carbocycles. The lowest BCUT2D eigenvalue weighted by atomic mass is 9.99. The summed E-state index contributed by atoms with van der Waals surface area (Å²) in [5.41, 5.74) is 9.34. The van der Waals surface area contributed by atoms with Gasteiger partial charge in [0.1, 0.15) is 5.75 Å². The molecule has 3 rings (SSSR count). The van der Waals surface area contributed by atoms with Gasteiger partial charge >= 0.3 is 0 Å². The fraction of sp³-hybridized carbons (Fsp3) is 0.381. The van der Waals surface area contributed by atoms with Gasteiger partial charge in [0.2, 0.25) is 0 Å². The minimum atomic E-state index is 0.357. The number of ether oxygens (including phenoxy) is 3. The van der Waals surface area contributed by atoms with Crippen molar-refractivity contribution in [1.82, 2.24) is 4.90 Å². The summed E-state index contributed by atoms with van der Waals surface area (Å²) in [6, 6.07) is 9.52. The molecule has 0 spiro atoms. The van der Waals surface area contributed by atoms with E-state index in [9.17, 15) is 0 Å². The predicted octanol–water partition coefficient (Wildman–Crippen LogP) is 3.15. The van der Waals surface area contributed by atoms with E-state index in [0.29, 0.717) is 23.3 Å². The van der Waals surface area contributed by atoms with Gasteiger partial charge in [-0.3, -0.25) is 9.89 Å². The number of rotatable bonds is 7. The van der Waals surface area contributed by atoms with Crippen LogP contribution in [0.4, 0.5) is 5.69 Å². The summed E-state index contributed by atoms with van der Waals surface area (Å²) < 4.78 is 16.0. The Morgan fingerprint density at radius 3 is 2.41 bits per heavy atom. The highest BCUT2D eigenvalue weighted by atomic mass is 35.5. The minimum Gasteiger partial charge on any atom is -0.495 e. The maximum atomic E-state index is 6.13. The number of fused-ring (bicyclic) bond motifs is 1. The first-order valence-corrected chi connectivity index (χ1v) is 9.78. The fourth-order valence-electron chi connectivity index (χ4n) is 3.38. The van der Waals surface area contributed by atoms with Crippen molar-refractivity contribution in [2.75, 3.05) is 46.3 Å². The number of hydrogen-bond acceptors (Lipinski definition) is 5. The molecule has 29 heavy (non-hydrogen) atoms. The van der Waals surface area contributed by atoms with Crippen LogP contribution in [0.15, 0.2) is 35.3 Å². The third kappa shape index (κ3) is 5.25. The van der Waals surface area contributed by atoms with Crippen LogP contribution in [0.1, 0.15) is 11.1 Å². The van der Waals surface area contributed by atoms with Crippen LogP contribution in [0.5, 0.6) is 17.2 Å². The van der Waals surface area contributed by atoms with E-state index in [1.54, 1.807) is 33.5 Å². The quantitative estimate of drug-likeness (QED) is 0.531. The number of nitrogens with zero attached hydrogens (tertiary/aromatic N) is 2. The second-order valence-electron chi connectivity index (χ2n) is 6.74. The number of benzene rings is 2. The van der Waals surface area contributed by atoms with Crippen molar-refractivity contribution < 1.29 is 14.2 Å². The van der Waals surface area contributed by atoms with E-state index in [-0.39, 0.29) is 0 Å². The van der Waals surface area contributed by atoms with Crippen molar-refractivity contribution in [2.24, 2.45) is 10.7 Å². The van der Waals surface area contributed by atoms with Crippen molar-refractivity contribution in [3.05, 3.63) is 46.5 Å². The molecule has 2 aromatic carbocycles. The third-order valence-corrected chi connectivity index (χ3v) is 5.22. The molecule has 7 nitrogen and oxygen atoms in total. The van der Waals surface area contributed by atoms with Gasteiger partial charge in [-0.2, -0.15) is 0 Å².